The molecule has 0 saturated carbocycles. The molecule has 108 valence electrons. The van der Waals surface area contributed by atoms with Crippen LogP contribution in [0.3, 0.4) is 0 Å². The van der Waals surface area contributed by atoms with Crippen LogP contribution in [-0.2, 0) is 9.53 Å². The van der Waals surface area contributed by atoms with Gasteiger partial charge in [-0.1, -0.05) is 0 Å². The highest BCUT2D eigenvalue weighted by Crippen LogP contribution is 2.26. The predicted molar refractivity (Wildman–Crippen MR) is 67.6 cm³/mol. The molecule has 1 aromatic rings. The third kappa shape index (κ3) is 2.53. The molecule has 0 bridgehead atoms. The highest BCUT2D eigenvalue weighted by Gasteiger charge is 2.39. The SMILES string of the molecule is CN(C(=O)c1cc(O)ccc1O)C1COCC1C(=O)O. The van der Waals surface area contributed by atoms with Crippen molar-refractivity contribution in [2.75, 3.05) is 20.3 Å². The molecule has 1 fully saturated rings. The van der Waals surface area contributed by atoms with Gasteiger partial charge >= 0.3 is 5.97 Å². The molecule has 2 atom stereocenters. The number of phenols is 2. The summed E-state index contributed by atoms with van der Waals surface area (Å²) in [5.74, 6) is -2.83. The van der Waals surface area contributed by atoms with Crippen molar-refractivity contribution in [3.05, 3.63) is 23.8 Å². The molecule has 7 nitrogen and oxygen atoms in total. The van der Waals surface area contributed by atoms with Gasteiger partial charge in [0.05, 0.1) is 24.8 Å². The zero-order valence-corrected chi connectivity index (χ0v) is 10.8. The van der Waals surface area contributed by atoms with E-state index in [1.165, 1.54) is 24.1 Å². The van der Waals surface area contributed by atoms with Crippen LogP contribution in [0.15, 0.2) is 18.2 Å². The molecule has 1 aromatic carbocycles. The van der Waals surface area contributed by atoms with Crippen LogP contribution >= 0.6 is 0 Å². The molecule has 1 heterocycles. The van der Waals surface area contributed by atoms with Crippen LogP contribution in [0.5, 0.6) is 11.5 Å². The van der Waals surface area contributed by atoms with E-state index < -0.39 is 23.8 Å². The first-order valence-electron chi connectivity index (χ1n) is 6.01. The first-order chi connectivity index (χ1) is 9.41. The Morgan fingerprint density at radius 2 is 2.00 bits per heavy atom. The molecule has 1 aliphatic heterocycles. The fourth-order valence-corrected chi connectivity index (χ4v) is 2.20. The van der Waals surface area contributed by atoms with Gasteiger partial charge in [-0.15, -0.1) is 0 Å². The van der Waals surface area contributed by atoms with Gasteiger partial charge in [-0.2, -0.15) is 0 Å². The molecule has 0 aromatic heterocycles. The van der Waals surface area contributed by atoms with Crippen molar-refractivity contribution in [3.8, 4) is 11.5 Å². The lowest BCUT2D eigenvalue weighted by Gasteiger charge is -2.26. The maximum Gasteiger partial charge on any atom is 0.311 e. The average Bonchev–Trinajstić information content (AvgIpc) is 2.89. The summed E-state index contributed by atoms with van der Waals surface area (Å²) in [6.45, 7) is 0.169. The van der Waals surface area contributed by atoms with E-state index in [0.717, 1.165) is 6.07 Å². The van der Waals surface area contributed by atoms with E-state index >= 15 is 0 Å². The Labute approximate surface area is 115 Å². The zero-order chi connectivity index (χ0) is 14.9. The number of amides is 1. The van der Waals surface area contributed by atoms with Crippen LogP contribution < -0.4 is 0 Å². The van der Waals surface area contributed by atoms with Gasteiger partial charge in [0.25, 0.3) is 5.91 Å². The number of aliphatic carboxylic acids is 1. The van der Waals surface area contributed by atoms with Crippen LogP contribution in [0.1, 0.15) is 10.4 Å². The Hall–Kier alpha value is -2.28. The smallest absolute Gasteiger partial charge is 0.311 e. The number of carbonyl (C=O) groups is 2. The summed E-state index contributed by atoms with van der Waals surface area (Å²) in [5, 5.41) is 28.1. The van der Waals surface area contributed by atoms with Crippen LogP contribution in [0.4, 0.5) is 0 Å². The third-order valence-electron chi connectivity index (χ3n) is 3.40. The normalized spacial score (nSPS) is 21.6. The molecule has 20 heavy (non-hydrogen) atoms. The number of rotatable bonds is 3. The minimum Gasteiger partial charge on any atom is -0.508 e. The van der Waals surface area contributed by atoms with Crippen molar-refractivity contribution in [2.45, 2.75) is 6.04 Å². The fourth-order valence-electron chi connectivity index (χ4n) is 2.20. The van der Waals surface area contributed by atoms with Gasteiger partial charge in [0.2, 0.25) is 0 Å². The van der Waals surface area contributed by atoms with E-state index in [1.54, 1.807) is 0 Å². The second kappa shape index (κ2) is 5.38. The van der Waals surface area contributed by atoms with Gasteiger partial charge in [-0.25, -0.2) is 0 Å². The Morgan fingerprint density at radius 1 is 1.30 bits per heavy atom. The van der Waals surface area contributed by atoms with Gasteiger partial charge in [0, 0.05) is 7.05 Å². The number of phenolic OH excluding ortho intramolecular Hbond substituents is 2. The molecular formula is C13H15NO6. The van der Waals surface area contributed by atoms with Crippen LogP contribution in [0.2, 0.25) is 0 Å². The molecule has 1 aliphatic rings. The lowest BCUT2D eigenvalue weighted by molar-refractivity contribution is -0.142. The van der Waals surface area contributed by atoms with Crippen LogP contribution in [0.25, 0.3) is 0 Å². The highest BCUT2D eigenvalue weighted by atomic mass is 16.5. The maximum atomic E-state index is 12.3. The number of nitrogens with zero attached hydrogens (tertiary/aromatic N) is 1. The molecule has 3 N–H and O–H groups in total. The van der Waals surface area contributed by atoms with E-state index in [9.17, 15) is 19.8 Å². The fraction of sp³-hybridized carbons (Fsp3) is 0.385. The van der Waals surface area contributed by atoms with Gasteiger partial charge < -0.3 is 25.0 Å². The molecule has 0 aliphatic carbocycles. The van der Waals surface area contributed by atoms with Crippen LogP contribution in [0, 0.1) is 5.92 Å². The molecule has 1 saturated heterocycles. The summed E-state index contributed by atoms with van der Waals surface area (Å²) in [6.07, 6.45) is 0. The van der Waals surface area contributed by atoms with E-state index in [0.29, 0.717) is 0 Å². The summed E-state index contributed by atoms with van der Waals surface area (Å²) in [7, 11) is 1.45. The Morgan fingerprint density at radius 3 is 2.65 bits per heavy atom. The van der Waals surface area contributed by atoms with Crippen molar-refractivity contribution < 1.29 is 29.6 Å². The summed E-state index contributed by atoms with van der Waals surface area (Å²) in [5.41, 5.74) is -0.0801. The number of aromatic hydroxyl groups is 2. The van der Waals surface area contributed by atoms with E-state index in [1.807, 2.05) is 0 Å². The number of likely N-dealkylation sites (N-methyl/N-ethyl adjacent to an activating group) is 1. The van der Waals surface area contributed by atoms with Gasteiger partial charge in [0.1, 0.15) is 17.4 Å². The Kier molecular flexibility index (Phi) is 3.80. The number of benzene rings is 1. The lowest BCUT2D eigenvalue weighted by Crippen LogP contribution is -2.44. The molecule has 2 rings (SSSR count). The Bertz CT molecular complexity index is 544. The van der Waals surface area contributed by atoms with Crippen molar-refractivity contribution in [2.24, 2.45) is 5.92 Å². The minimum absolute atomic E-state index is 0.0453. The maximum absolute atomic E-state index is 12.3. The largest absolute Gasteiger partial charge is 0.508 e. The topological polar surface area (TPSA) is 107 Å². The number of ether oxygens (including phenoxy) is 1. The summed E-state index contributed by atoms with van der Waals surface area (Å²) < 4.78 is 5.11. The number of carbonyl (C=O) groups excluding carboxylic acids is 1. The zero-order valence-electron chi connectivity index (χ0n) is 10.8. The molecule has 0 spiro atoms. The highest BCUT2D eigenvalue weighted by molar-refractivity contribution is 5.97. The summed E-state index contributed by atoms with van der Waals surface area (Å²) >= 11 is 0. The lowest BCUT2D eigenvalue weighted by atomic mass is 10.0. The third-order valence-corrected chi connectivity index (χ3v) is 3.40. The van der Waals surface area contributed by atoms with Gasteiger partial charge in [0.15, 0.2) is 0 Å². The van der Waals surface area contributed by atoms with Gasteiger partial charge in [-0.3, -0.25) is 9.59 Å². The first-order valence-corrected chi connectivity index (χ1v) is 6.01. The van der Waals surface area contributed by atoms with E-state index in [4.69, 9.17) is 9.84 Å². The van der Waals surface area contributed by atoms with Crippen molar-refractivity contribution in [1.82, 2.24) is 4.90 Å². The first kappa shape index (κ1) is 14.1. The number of hydrogen-bond acceptors (Lipinski definition) is 5. The molecular weight excluding hydrogens is 266 g/mol. The standard InChI is InChI=1S/C13H15NO6/c1-14(10-6-20-5-9(10)13(18)19)12(17)8-4-7(15)2-3-11(8)16/h2-4,9-10,15-16H,5-6H2,1H3,(H,18,19). The number of carboxylic acid groups (broad SMARTS) is 1. The second-order valence-corrected chi connectivity index (χ2v) is 4.67. The van der Waals surface area contributed by atoms with E-state index in [2.05, 4.69) is 0 Å². The quantitative estimate of drug-likeness (QED) is 0.686. The van der Waals surface area contributed by atoms with Crippen molar-refractivity contribution in [3.63, 3.8) is 0 Å². The van der Waals surface area contributed by atoms with E-state index in [-0.39, 0.29) is 30.3 Å². The Balaban J connectivity index is 2.24. The molecule has 7 heteroatoms. The molecule has 1 amide bonds. The number of carboxylic acids is 1. The van der Waals surface area contributed by atoms with Crippen molar-refractivity contribution >= 4 is 11.9 Å². The average molecular weight is 281 g/mol. The molecule has 2 unspecified atom stereocenters. The second-order valence-electron chi connectivity index (χ2n) is 4.67. The monoisotopic (exact) mass is 281 g/mol. The minimum atomic E-state index is -1.03. The predicted octanol–water partition coefficient (Wildman–Crippen LogP) is 0.269. The summed E-state index contributed by atoms with van der Waals surface area (Å²) in [6, 6.07) is 2.99. The van der Waals surface area contributed by atoms with Crippen LogP contribution in [-0.4, -0.2) is 58.4 Å². The van der Waals surface area contributed by atoms with Crippen molar-refractivity contribution in [1.29, 1.82) is 0 Å². The van der Waals surface area contributed by atoms with Gasteiger partial charge in [-0.05, 0) is 18.2 Å². The molecule has 0 radical (unpaired) electrons. The summed E-state index contributed by atoms with van der Waals surface area (Å²) in [4.78, 5) is 24.6. The number of hydrogen-bond donors (Lipinski definition) is 3.